The Bertz CT molecular complexity index is 980. The van der Waals surface area contributed by atoms with Gasteiger partial charge < -0.3 is 20.6 Å². The molecule has 4 nitrogen and oxygen atoms in total. The SMILES string of the molecule is CC1(C)CC2=Cc3ccc([nH]3)C=C3NC(=Cc4ccc([nH]4)C=C1N2)CC3(C)C. The van der Waals surface area contributed by atoms with E-state index in [0.29, 0.717) is 0 Å². The Balaban J connectivity index is 1.65. The lowest BCUT2D eigenvalue weighted by Crippen LogP contribution is -2.13. The molecule has 0 aromatic carbocycles. The van der Waals surface area contributed by atoms with Gasteiger partial charge in [0.25, 0.3) is 0 Å². The van der Waals surface area contributed by atoms with E-state index in [2.05, 4.69) is 96.9 Å². The predicted octanol–water partition coefficient (Wildman–Crippen LogP) is 5.46. The molecule has 4 heteroatoms. The van der Waals surface area contributed by atoms with Gasteiger partial charge in [-0.15, -0.1) is 0 Å². The molecule has 4 N–H and O–H groups in total. The highest BCUT2D eigenvalue weighted by Crippen LogP contribution is 2.41. The van der Waals surface area contributed by atoms with Gasteiger partial charge in [0.2, 0.25) is 0 Å². The fourth-order valence-corrected chi connectivity index (χ4v) is 4.43. The van der Waals surface area contributed by atoms with Gasteiger partial charge in [-0.1, -0.05) is 27.7 Å². The lowest BCUT2D eigenvalue weighted by Gasteiger charge is -2.17. The van der Waals surface area contributed by atoms with E-state index in [0.717, 1.165) is 35.6 Å². The van der Waals surface area contributed by atoms with Gasteiger partial charge in [0.05, 0.1) is 0 Å². The van der Waals surface area contributed by atoms with Crippen molar-refractivity contribution >= 4 is 24.3 Å². The van der Waals surface area contributed by atoms with Crippen molar-refractivity contribution in [2.45, 2.75) is 40.5 Å². The number of rotatable bonds is 0. The molecule has 0 spiro atoms. The number of aromatic nitrogens is 2. The fourth-order valence-electron chi connectivity index (χ4n) is 4.43. The van der Waals surface area contributed by atoms with E-state index in [1.165, 1.54) is 22.8 Å². The standard InChI is InChI=1S/C24H28N4/c1-23(2)13-19-9-15-6-8-18(26-15)12-22-24(3,4)14-20(28-22)10-16-5-7-17(25-16)11-21(23)27-19/h5-12,25-28H,13-14H2,1-4H3. The summed E-state index contributed by atoms with van der Waals surface area (Å²) in [6, 6.07) is 8.63. The molecule has 144 valence electrons. The normalized spacial score (nSPS) is 21.9. The number of nitrogens with one attached hydrogen (secondary N) is 4. The van der Waals surface area contributed by atoms with E-state index >= 15 is 0 Å². The fraction of sp³-hybridized carbons (Fsp3) is 0.333. The van der Waals surface area contributed by atoms with Gasteiger partial charge in [-0.2, -0.15) is 0 Å². The molecule has 0 aliphatic carbocycles. The third-order valence-electron chi connectivity index (χ3n) is 6.03. The van der Waals surface area contributed by atoms with Crippen molar-refractivity contribution < 1.29 is 0 Å². The summed E-state index contributed by atoms with van der Waals surface area (Å²) in [6.07, 6.45) is 10.9. The van der Waals surface area contributed by atoms with Gasteiger partial charge >= 0.3 is 0 Å². The molecular weight excluding hydrogens is 344 g/mol. The van der Waals surface area contributed by atoms with Crippen LogP contribution >= 0.6 is 0 Å². The monoisotopic (exact) mass is 372 g/mol. The van der Waals surface area contributed by atoms with Crippen LogP contribution in [0.1, 0.15) is 63.3 Å². The van der Waals surface area contributed by atoms with Crippen LogP contribution in [0.15, 0.2) is 47.1 Å². The van der Waals surface area contributed by atoms with Gasteiger partial charge in [0, 0.05) is 56.4 Å². The van der Waals surface area contributed by atoms with Gasteiger partial charge in [0.1, 0.15) is 0 Å². The van der Waals surface area contributed by atoms with Gasteiger partial charge in [-0.05, 0) is 61.4 Å². The van der Waals surface area contributed by atoms with Crippen LogP contribution in [0, 0.1) is 10.8 Å². The summed E-state index contributed by atoms with van der Waals surface area (Å²) in [4.78, 5) is 7.10. The first-order valence-corrected chi connectivity index (χ1v) is 10.0. The number of hydrogen-bond acceptors (Lipinski definition) is 2. The highest BCUT2D eigenvalue weighted by molar-refractivity contribution is 5.64. The Morgan fingerprint density at radius 1 is 0.571 bits per heavy atom. The Morgan fingerprint density at radius 2 is 0.929 bits per heavy atom. The molecule has 2 aromatic heterocycles. The van der Waals surface area contributed by atoms with Crippen LogP contribution in [0.2, 0.25) is 0 Å². The van der Waals surface area contributed by atoms with Gasteiger partial charge in [-0.25, -0.2) is 0 Å². The molecule has 0 saturated carbocycles. The zero-order valence-corrected chi connectivity index (χ0v) is 17.0. The molecule has 3 aliphatic heterocycles. The van der Waals surface area contributed by atoms with Crippen molar-refractivity contribution in [3.8, 4) is 0 Å². The Kier molecular flexibility index (Phi) is 3.57. The summed E-state index contributed by atoms with van der Waals surface area (Å²) >= 11 is 0. The summed E-state index contributed by atoms with van der Waals surface area (Å²) in [6.45, 7) is 9.18. The second kappa shape index (κ2) is 5.81. The molecular formula is C24H28N4. The first-order valence-electron chi connectivity index (χ1n) is 10.0. The van der Waals surface area contributed by atoms with E-state index in [4.69, 9.17) is 0 Å². The first-order chi connectivity index (χ1) is 13.3. The Hall–Kier alpha value is -2.88. The van der Waals surface area contributed by atoms with Crippen LogP contribution in [-0.2, 0) is 0 Å². The molecule has 28 heavy (non-hydrogen) atoms. The van der Waals surface area contributed by atoms with Crippen LogP contribution < -0.4 is 10.6 Å². The van der Waals surface area contributed by atoms with Crippen LogP contribution in [0.3, 0.4) is 0 Å². The molecule has 8 bridgehead atoms. The molecule has 0 unspecified atom stereocenters. The minimum absolute atomic E-state index is 0.0889. The zero-order chi connectivity index (χ0) is 19.5. The second-order valence-electron chi connectivity index (χ2n) is 9.56. The number of hydrogen-bond donors (Lipinski definition) is 4. The molecule has 2 aromatic rings. The van der Waals surface area contributed by atoms with Crippen molar-refractivity contribution in [2.75, 3.05) is 0 Å². The van der Waals surface area contributed by atoms with Crippen molar-refractivity contribution in [2.24, 2.45) is 10.8 Å². The average molecular weight is 373 g/mol. The second-order valence-corrected chi connectivity index (χ2v) is 9.56. The molecule has 0 atom stereocenters. The van der Waals surface area contributed by atoms with Crippen LogP contribution in [-0.4, -0.2) is 9.97 Å². The molecule has 2 saturated heterocycles. The summed E-state index contributed by atoms with van der Waals surface area (Å²) in [7, 11) is 0. The molecule has 0 amide bonds. The molecule has 2 fully saturated rings. The minimum atomic E-state index is 0.0889. The van der Waals surface area contributed by atoms with Gasteiger partial charge in [-0.3, -0.25) is 0 Å². The molecule has 5 heterocycles. The topological polar surface area (TPSA) is 55.6 Å². The van der Waals surface area contributed by atoms with Gasteiger partial charge in [0.15, 0.2) is 0 Å². The third kappa shape index (κ3) is 3.03. The summed E-state index contributed by atoms with van der Waals surface area (Å²) in [5, 5.41) is 7.29. The maximum absolute atomic E-state index is 3.64. The highest BCUT2D eigenvalue weighted by atomic mass is 15.0. The van der Waals surface area contributed by atoms with E-state index < -0.39 is 0 Å². The smallest absolute Gasteiger partial charge is 0.0402 e. The summed E-state index contributed by atoms with van der Waals surface area (Å²) in [5.41, 5.74) is 9.70. The predicted molar refractivity (Wildman–Crippen MR) is 117 cm³/mol. The van der Waals surface area contributed by atoms with E-state index in [1.54, 1.807) is 0 Å². The lowest BCUT2D eigenvalue weighted by molar-refractivity contribution is 0.481. The maximum Gasteiger partial charge on any atom is 0.0402 e. The first kappa shape index (κ1) is 17.2. The van der Waals surface area contributed by atoms with Crippen LogP contribution in [0.5, 0.6) is 0 Å². The summed E-state index contributed by atoms with van der Waals surface area (Å²) < 4.78 is 0. The lowest BCUT2D eigenvalue weighted by atomic mass is 9.88. The molecule has 5 rings (SSSR count). The number of aromatic amines is 2. The van der Waals surface area contributed by atoms with Crippen molar-refractivity contribution in [1.82, 2.24) is 20.6 Å². The van der Waals surface area contributed by atoms with E-state index in [1.807, 2.05) is 0 Å². The molecule has 3 aliphatic rings. The van der Waals surface area contributed by atoms with Crippen LogP contribution in [0.4, 0.5) is 0 Å². The summed E-state index contributed by atoms with van der Waals surface area (Å²) in [5.74, 6) is 0. The van der Waals surface area contributed by atoms with E-state index in [9.17, 15) is 0 Å². The maximum atomic E-state index is 3.64. The molecule has 0 radical (unpaired) electrons. The Labute approximate surface area is 166 Å². The largest absolute Gasteiger partial charge is 0.362 e. The van der Waals surface area contributed by atoms with Crippen molar-refractivity contribution in [3.05, 3.63) is 69.8 Å². The zero-order valence-electron chi connectivity index (χ0n) is 17.0. The van der Waals surface area contributed by atoms with Crippen LogP contribution in [0.25, 0.3) is 24.3 Å². The third-order valence-corrected chi connectivity index (χ3v) is 6.03. The number of fused-ring (bicyclic) bond motifs is 8. The number of allylic oxidation sites excluding steroid dienone is 4. The minimum Gasteiger partial charge on any atom is -0.362 e. The average Bonchev–Trinajstić information content (AvgIpc) is 3.32. The number of H-pyrrole nitrogens is 2. The highest BCUT2D eigenvalue weighted by Gasteiger charge is 2.33. The van der Waals surface area contributed by atoms with E-state index in [-0.39, 0.29) is 10.8 Å². The van der Waals surface area contributed by atoms with Crippen molar-refractivity contribution in [3.63, 3.8) is 0 Å². The Morgan fingerprint density at radius 3 is 1.32 bits per heavy atom. The van der Waals surface area contributed by atoms with Crippen molar-refractivity contribution in [1.29, 1.82) is 0 Å². The quantitative estimate of drug-likeness (QED) is 0.496.